The molecule has 3 aromatic rings. The van der Waals surface area contributed by atoms with Crippen molar-refractivity contribution in [1.82, 2.24) is 5.32 Å². The van der Waals surface area contributed by atoms with Crippen molar-refractivity contribution >= 4 is 28.3 Å². The second-order valence-corrected chi connectivity index (χ2v) is 6.93. The molecule has 4 nitrogen and oxygen atoms in total. The lowest BCUT2D eigenvalue weighted by Crippen LogP contribution is -2.25. The summed E-state index contributed by atoms with van der Waals surface area (Å²) in [6.45, 7) is 4.99. The largest absolute Gasteiger partial charge is 0.506 e. The normalized spacial score (nSPS) is 10.8. The van der Waals surface area contributed by atoms with Gasteiger partial charge in [0.05, 0.1) is 12.2 Å². The van der Waals surface area contributed by atoms with E-state index in [1.54, 1.807) is 12.1 Å². The van der Waals surface area contributed by atoms with E-state index in [0.717, 1.165) is 16.7 Å². The van der Waals surface area contributed by atoms with Crippen molar-refractivity contribution in [3.05, 3.63) is 70.2 Å². The second kappa shape index (κ2) is 8.31. The number of hydrogen-bond donors (Lipinski definition) is 2. The monoisotopic (exact) mass is 383 g/mol. The molecule has 3 rings (SSSR count). The molecule has 140 valence electrons. The van der Waals surface area contributed by atoms with Crippen LogP contribution in [0.4, 0.5) is 0 Å². The van der Waals surface area contributed by atoms with Crippen molar-refractivity contribution in [2.75, 3.05) is 13.2 Å². The van der Waals surface area contributed by atoms with E-state index in [4.69, 9.17) is 16.3 Å². The molecule has 0 radical (unpaired) electrons. The Labute approximate surface area is 163 Å². The van der Waals surface area contributed by atoms with Gasteiger partial charge in [0.25, 0.3) is 5.91 Å². The molecule has 0 saturated heterocycles. The van der Waals surface area contributed by atoms with Crippen LogP contribution in [0, 0.1) is 13.8 Å². The molecule has 1 amide bonds. The van der Waals surface area contributed by atoms with Crippen molar-refractivity contribution in [2.24, 2.45) is 0 Å². The Balaban J connectivity index is 1.57. The first-order valence-electron chi connectivity index (χ1n) is 8.86. The Bertz CT molecular complexity index is 985. The fourth-order valence-electron chi connectivity index (χ4n) is 3.00. The zero-order chi connectivity index (χ0) is 19.4. The SMILES string of the molecule is Cc1ccc(OCCCNC(=O)c2cc(Cl)c3ccccc3c2O)c(C)c1. The van der Waals surface area contributed by atoms with Crippen LogP contribution in [-0.4, -0.2) is 24.2 Å². The lowest BCUT2D eigenvalue weighted by atomic mass is 10.0. The Hall–Kier alpha value is -2.72. The predicted octanol–water partition coefficient (Wildman–Crippen LogP) is 5.01. The van der Waals surface area contributed by atoms with Gasteiger partial charge in [-0.25, -0.2) is 0 Å². The van der Waals surface area contributed by atoms with E-state index in [1.165, 1.54) is 11.6 Å². The van der Waals surface area contributed by atoms with Crippen molar-refractivity contribution in [3.8, 4) is 11.5 Å². The van der Waals surface area contributed by atoms with Crippen molar-refractivity contribution in [1.29, 1.82) is 0 Å². The van der Waals surface area contributed by atoms with E-state index in [1.807, 2.05) is 38.1 Å². The number of amides is 1. The number of nitrogens with one attached hydrogen (secondary N) is 1. The van der Waals surface area contributed by atoms with Crippen LogP contribution in [0.5, 0.6) is 11.5 Å². The molecule has 27 heavy (non-hydrogen) atoms. The molecule has 0 spiro atoms. The minimum absolute atomic E-state index is 0.0565. The van der Waals surface area contributed by atoms with Gasteiger partial charge >= 0.3 is 0 Å². The molecule has 0 saturated carbocycles. The number of benzene rings is 3. The number of aromatic hydroxyl groups is 1. The van der Waals surface area contributed by atoms with Gasteiger partial charge in [0.15, 0.2) is 0 Å². The van der Waals surface area contributed by atoms with Crippen LogP contribution in [0.1, 0.15) is 27.9 Å². The maximum atomic E-state index is 12.4. The number of aryl methyl sites for hydroxylation is 2. The third kappa shape index (κ3) is 4.34. The molecule has 0 bridgehead atoms. The third-order valence-corrected chi connectivity index (χ3v) is 4.72. The minimum atomic E-state index is -0.355. The van der Waals surface area contributed by atoms with E-state index in [0.29, 0.717) is 30.0 Å². The fourth-order valence-corrected chi connectivity index (χ4v) is 3.28. The van der Waals surface area contributed by atoms with Gasteiger partial charge in [-0.05, 0) is 38.0 Å². The Morgan fingerprint density at radius 3 is 2.59 bits per heavy atom. The van der Waals surface area contributed by atoms with E-state index in [2.05, 4.69) is 11.4 Å². The fraction of sp³-hybridized carbons (Fsp3) is 0.227. The maximum absolute atomic E-state index is 12.4. The molecule has 0 unspecified atom stereocenters. The molecular weight excluding hydrogens is 362 g/mol. The van der Waals surface area contributed by atoms with Crippen LogP contribution in [0.2, 0.25) is 5.02 Å². The summed E-state index contributed by atoms with van der Waals surface area (Å²) in [4.78, 5) is 12.4. The summed E-state index contributed by atoms with van der Waals surface area (Å²) >= 11 is 6.24. The zero-order valence-corrected chi connectivity index (χ0v) is 16.1. The first-order valence-corrected chi connectivity index (χ1v) is 9.23. The zero-order valence-electron chi connectivity index (χ0n) is 15.4. The van der Waals surface area contributed by atoms with Crippen LogP contribution in [0.3, 0.4) is 0 Å². The molecule has 0 aromatic heterocycles. The highest BCUT2D eigenvalue weighted by Crippen LogP contribution is 2.34. The molecule has 0 aliphatic rings. The van der Waals surface area contributed by atoms with Crippen LogP contribution < -0.4 is 10.1 Å². The van der Waals surface area contributed by atoms with Gasteiger partial charge in [0, 0.05) is 22.3 Å². The van der Waals surface area contributed by atoms with E-state index >= 15 is 0 Å². The number of carbonyl (C=O) groups is 1. The summed E-state index contributed by atoms with van der Waals surface area (Å²) in [5.41, 5.74) is 2.46. The number of carbonyl (C=O) groups excluding carboxylic acids is 1. The molecule has 0 aliphatic heterocycles. The molecule has 5 heteroatoms. The smallest absolute Gasteiger partial charge is 0.255 e. The number of phenols is 1. The Morgan fingerprint density at radius 2 is 1.85 bits per heavy atom. The molecule has 0 heterocycles. The first-order chi connectivity index (χ1) is 13.0. The molecule has 0 aliphatic carbocycles. The van der Waals surface area contributed by atoms with Gasteiger partial charge in [0.2, 0.25) is 0 Å². The lowest BCUT2D eigenvalue weighted by molar-refractivity contribution is 0.0949. The van der Waals surface area contributed by atoms with Gasteiger partial charge in [-0.2, -0.15) is 0 Å². The highest BCUT2D eigenvalue weighted by molar-refractivity contribution is 6.36. The Kier molecular flexibility index (Phi) is 5.87. The Morgan fingerprint density at radius 1 is 1.11 bits per heavy atom. The summed E-state index contributed by atoms with van der Waals surface area (Å²) < 4.78 is 5.76. The predicted molar refractivity (Wildman–Crippen MR) is 109 cm³/mol. The van der Waals surface area contributed by atoms with E-state index in [9.17, 15) is 9.90 Å². The van der Waals surface area contributed by atoms with E-state index in [-0.39, 0.29) is 17.2 Å². The highest BCUT2D eigenvalue weighted by Gasteiger charge is 2.16. The number of halogens is 1. The van der Waals surface area contributed by atoms with Crippen LogP contribution >= 0.6 is 11.6 Å². The number of hydrogen-bond acceptors (Lipinski definition) is 3. The van der Waals surface area contributed by atoms with Crippen LogP contribution in [0.15, 0.2) is 48.5 Å². The van der Waals surface area contributed by atoms with Gasteiger partial charge in [0.1, 0.15) is 11.5 Å². The van der Waals surface area contributed by atoms with Gasteiger partial charge in [-0.3, -0.25) is 4.79 Å². The maximum Gasteiger partial charge on any atom is 0.255 e. The van der Waals surface area contributed by atoms with Crippen LogP contribution in [0.25, 0.3) is 10.8 Å². The standard InChI is InChI=1S/C22H22ClNO3/c1-14-8-9-20(15(2)12-14)27-11-5-10-24-22(26)18-13-19(23)16-6-3-4-7-17(16)21(18)25/h3-4,6-9,12-13,25H,5,10-11H2,1-2H3,(H,24,26). The summed E-state index contributed by atoms with van der Waals surface area (Å²) in [6, 6.07) is 14.7. The van der Waals surface area contributed by atoms with Gasteiger partial charge in [-0.1, -0.05) is 53.6 Å². The first kappa shape index (κ1) is 19.1. The van der Waals surface area contributed by atoms with Gasteiger partial charge in [-0.15, -0.1) is 0 Å². The third-order valence-electron chi connectivity index (χ3n) is 4.40. The molecule has 0 fully saturated rings. The number of ether oxygens (including phenoxy) is 1. The summed E-state index contributed by atoms with van der Waals surface area (Å²) in [7, 11) is 0. The van der Waals surface area contributed by atoms with Crippen molar-refractivity contribution < 1.29 is 14.6 Å². The second-order valence-electron chi connectivity index (χ2n) is 6.53. The topological polar surface area (TPSA) is 58.6 Å². The lowest BCUT2D eigenvalue weighted by Gasteiger charge is -2.12. The number of rotatable bonds is 6. The highest BCUT2D eigenvalue weighted by atomic mass is 35.5. The minimum Gasteiger partial charge on any atom is -0.506 e. The summed E-state index contributed by atoms with van der Waals surface area (Å²) in [6.07, 6.45) is 0.654. The number of fused-ring (bicyclic) bond motifs is 1. The van der Waals surface area contributed by atoms with Gasteiger partial charge < -0.3 is 15.2 Å². The molecule has 0 atom stereocenters. The van der Waals surface area contributed by atoms with E-state index < -0.39 is 0 Å². The van der Waals surface area contributed by atoms with Crippen LogP contribution in [-0.2, 0) is 0 Å². The summed E-state index contributed by atoms with van der Waals surface area (Å²) in [5.74, 6) is 0.441. The average molecular weight is 384 g/mol. The average Bonchev–Trinajstić information content (AvgIpc) is 2.66. The molecule has 2 N–H and O–H groups in total. The number of phenolic OH excluding ortho intramolecular Hbond substituents is 1. The van der Waals surface area contributed by atoms with Crippen molar-refractivity contribution in [2.45, 2.75) is 20.3 Å². The quantitative estimate of drug-likeness (QED) is 0.588. The molecule has 3 aromatic carbocycles. The molecular formula is C22H22ClNO3. The van der Waals surface area contributed by atoms with Crippen molar-refractivity contribution in [3.63, 3.8) is 0 Å². The summed E-state index contributed by atoms with van der Waals surface area (Å²) in [5, 5.41) is 14.9.